The second-order valence-electron chi connectivity index (χ2n) is 3.72. The summed E-state index contributed by atoms with van der Waals surface area (Å²) in [4.78, 5) is 0. The van der Waals surface area contributed by atoms with Crippen molar-refractivity contribution in [1.82, 2.24) is 0 Å². The Kier molecular flexibility index (Phi) is 4.62. The fourth-order valence-corrected chi connectivity index (χ4v) is 2.40. The maximum atomic E-state index is 13.4. The Morgan fingerprint density at radius 2 is 1.82 bits per heavy atom. The fraction of sp³-hybridized carbons (Fsp3) is 0.400. The summed E-state index contributed by atoms with van der Waals surface area (Å²) < 4.78 is 48.8. The summed E-state index contributed by atoms with van der Waals surface area (Å²) >= 11 is 2.91. The van der Waals surface area contributed by atoms with Crippen molar-refractivity contribution < 1.29 is 22.3 Å². The second-order valence-corrected chi connectivity index (χ2v) is 6.89. The van der Waals surface area contributed by atoms with Gasteiger partial charge >= 0.3 is 0 Å². The van der Waals surface area contributed by atoms with Crippen molar-refractivity contribution in [3.63, 3.8) is 0 Å². The van der Waals surface area contributed by atoms with Crippen LogP contribution >= 0.6 is 15.9 Å². The van der Waals surface area contributed by atoms with E-state index in [1.165, 1.54) is 0 Å². The van der Waals surface area contributed by atoms with Crippen LogP contribution in [0.3, 0.4) is 0 Å². The molecule has 0 saturated heterocycles. The van der Waals surface area contributed by atoms with Gasteiger partial charge in [0.2, 0.25) is 0 Å². The molecule has 1 rings (SSSR count). The smallest absolute Gasteiger partial charge is 0.147 e. The number of halogens is 3. The number of aliphatic hydroxyl groups excluding tert-OH is 1. The van der Waals surface area contributed by atoms with E-state index < -0.39 is 33.1 Å². The minimum atomic E-state index is -3.28. The molecule has 0 amide bonds. The van der Waals surface area contributed by atoms with Gasteiger partial charge in [-0.15, -0.1) is 0 Å². The molecule has 1 unspecified atom stereocenters. The molecule has 96 valence electrons. The zero-order valence-corrected chi connectivity index (χ0v) is 11.4. The van der Waals surface area contributed by atoms with E-state index in [0.717, 1.165) is 18.4 Å². The molecule has 0 radical (unpaired) electrons. The number of rotatable bonds is 4. The van der Waals surface area contributed by atoms with Gasteiger partial charge in [-0.3, -0.25) is 0 Å². The van der Waals surface area contributed by atoms with Gasteiger partial charge in [0.05, 0.1) is 17.4 Å². The van der Waals surface area contributed by atoms with Gasteiger partial charge in [-0.1, -0.05) is 15.9 Å². The number of aliphatic hydroxyl groups is 1. The van der Waals surface area contributed by atoms with Crippen LogP contribution in [0.5, 0.6) is 0 Å². The maximum Gasteiger partial charge on any atom is 0.147 e. The van der Waals surface area contributed by atoms with Crippen molar-refractivity contribution in [3.05, 3.63) is 33.8 Å². The molecule has 0 aliphatic heterocycles. The van der Waals surface area contributed by atoms with Crippen LogP contribution in [-0.4, -0.2) is 25.5 Å². The number of hydrogen-bond acceptors (Lipinski definition) is 3. The Morgan fingerprint density at radius 3 is 2.24 bits per heavy atom. The molecule has 0 bridgehead atoms. The average molecular weight is 329 g/mol. The predicted molar refractivity (Wildman–Crippen MR) is 63.3 cm³/mol. The SMILES string of the molecule is CS(=O)(=O)CCC(O)c1c(F)cc(Br)cc1F. The Hall–Kier alpha value is -0.530. The van der Waals surface area contributed by atoms with Crippen LogP contribution in [0.25, 0.3) is 0 Å². The highest BCUT2D eigenvalue weighted by Crippen LogP contribution is 2.26. The Bertz CT molecular complexity index is 493. The van der Waals surface area contributed by atoms with E-state index in [1.807, 2.05) is 0 Å². The lowest BCUT2D eigenvalue weighted by Crippen LogP contribution is -2.11. The molecule has 1 aromatic carbocycles. The standard InChI is InChI=1S/C10H11BrF2O3S/c1-17(15,16)3-2-9(14)10-7(12)4-6(11)5-8(10)13/h4-5,9,14H,2-3H2,1H3. The third-order valence-corrected chi connectivity index (χ3v) is 3.57. The highest BCUT2D eigenvalue weighted by Gasteiger charge is 2.20. The lowest BCUT2D eigenvalue weighted by atomic mass is 10.1. The summed E-state index contributed by atoms with van der Waals surface area (Å²) in [7, 11) is -3.28. The third kappa shape index (κ3) is 4.33. The Labute approximate surface area is 107 Å². The van der Waals surface area contributed by atoms with Crippen LogP contribution in [0.2, 0.25) is 0 Å². The predicted octanol–water partition coefficient (Wildman–Crippen LogP) is 2.20. The van der Waals surface area contributed by atoms with Gasteiger partial charge in [-0.2, -0.15) is 0 Å². The van der Waals surface area contributed by atoms with E-state index in [2.05, 4.69) is 15.9 Å². The van der Waals surface area contributed by atoms with Crippen LogP contribution in [-0.2, 0) is 9.84 Å². The molecule has 0 aromatic heterocycles. The van der Waals surface area contributed by atoms with Gasteiger partial charge < -0.3 is 5.11 Å². The number of sulfone groups is 1. The molecule has 1 atom stereocenters. The van der Waals surface area contributed by atoms with Crippen LogP contribution in [0.15, 0.2) is 16.6 Å². The Balaban J connectivity index is 2.93. The van der Waals surface area contributed by atoms with Crippen LogP contribution in [0.1, 0.15) is 18.1 Å². The quantitative estimate of drug-likeness (QED) is 0.921. The second kappa shape index (κ2) is 5.41. The summed E-state index contributed by atoms with van der Waals surface area (Å²) in [6.07, 6.45) is -0.722. The molecule has 0 aliphatic rings. The van der Waals surface area contributed by atoms with Crippen molar-refractivity contribution >= 4 is 25.8 Å². The van der Waals surface area contributed by atoms with E-state index in [-0.39, 0.29) is 16.6 Å². The maximum absolute atomic E-state index is 13.4. The van der Waals surface area contributed by atoms with E-state index in [1.54, 1.807) is 0 Å². The average Bonchev–Trinajstić information content (AvgIpc) is 2.11. The molecule has 7 heteroatoms. The number of benzene rings is 1. The van der Waals surface area contributed by atoms with Crippen LogP contribution in [0.4, 0.5) is 8.78 Å². The molecule has 0 heterocycles. The molecule has 0 spiro atoms. The molecule has 1 aromatic rings. The molecular formula is C10H11BrF2O3S. The molecule has 0 fully saturated rings. The first kappa shape index (κ1) is 14.5. The molecule has 3 nitrogen and oxygen atoms in total. The van der Waals surface area contributed by atoms with E-state index in [9.17, 15) is 22.3 Å². The zero-order valence-electron chi connectivity index (χ0n) is 8.95. The van der Waals surface area contributed by atoms with Crippen molar-refractivity contribution in [1.29, 1.82) is 0 Å². The number of hydrogen-bond donors (Lipinski definition) is 1. The monoisotopic (exact) mass is 328 g/mol. The zero-order chi connectivity index (χ0) is 13.2. The summed E-state index contributed by atoms with van der Waals surface area (Å²) in [6.45, 7) is 0. The highest BCUT2D eigenvalue weighted by molar-refractivity contribution is 9.10. The van der Waals surface area contributed by atoms with Crippen LogP contribution < -0.4 is 0 Å². The minimum absolute atomic E-state index is 0.214. The van der Waals surface area contributed by atoms with Crippen molar-refractivity contribution in [2.75, 3.05) is 12.0 Å². The third-order valence-electron chi connectivity index (χ3n) is 2.14. The van der Waals surface area contributed by atoms with Crippen LogP contribution in [0, 0.1) is 11.6 Å². The van der Waals surface area contributed by atoms with E-state index in [0.29, 0.717) is 0 Å². The Morgan fingerprint density at radius 1 is 1.35 bits per heavy atom. The van der Waals surface area contributed by atoms with Gasteiger partial charge in [0.15, 0.2) is 0 Å². The lowest BCUT2D eigenvalue weighted by molar-refractivity contribution is 0.164. The van der Waals surface area contributed by atoms with Gasteiger partial charge in [0.1, 0.15) is 21.5 Å². The topological polar surface area (TPSA) is 54.4 Å². The van der Waals surface area contributed by atoms with Gasteiger partial charge in [0.25, 0.3) is 0 Å². The van der Waals surface area contributed by atoms with Gasteiger partial charge in [0, 0.05) is 10.7 Å². The van der Waals surface area contributed by atoms with Gasteiger partial charge in [-0.25, -0.2) is 17.2 Å². The summed E-state index contributed by atoms with van der Waals surface area (Å²) in [6, 6.07) is 2.03. The molecule has 0 aliphatic carbocycles. The largest absolute Gasteiger partial charge is 0.388 e. The first-order chi connectivity index (χ1) is 7.70. The molecular weight excluding hydrogens is 318 g/mol. The normalized spacial score (nSPS) is 13.7. The summed E-state index contributed by atoms with van der Waals surface area (Å²) in [5.41, 5.74) is -0.503. The lowest BCUT2D eigenvalue weighted by Gasteiger charge is -2.12. The molecule has 1 N–H and O–H groups in total. The van der Waals surface area contributed by atoms with Crippen molar-refractivity contribution in [2.24, 2.45) is 0 Å². The first-order valence-corrected chi connectivity index (χ1v) is 7.56. The van der Waals surface area contributed by atoms with E-state index >= 15 is 0 Å². The van der Waals surface area contributed by atoms with Gasteiger partial charge in [-0.05, 0) is 18.6 Å². The fourth-order valence-electron chi connectivity index (χ4n) is 1.34. The summed E-state index contributed by atoms with van der Waals surface area (Å²) in [5, 5.41) is 9.58. The van der Waals surface area contributed by atoms with E-state index in [4.69, 9.17) is 0 Å². The minimum Gasteiger partial charge on any atom is -0.388 e. The summed E-state index contributed by atoms with van der Waals surface area (Å²) in [5.74, 6) is -2.14. The molecule has 17 heavy (non-hydrogen) atoms. The molecule has 0 saturated carbocycles. The highest BCUT2D eigenvalue weighted by atomic mass is 79.9. The van der Waals surface area contributed by atoms with Crippen molar-refractivity contribution in [3.8, 4) is 0 Å². The van der Waals surface area contributed by atoms with Crippen molar-refractivity contribution in [2.45, 2.75) is 12.5 Å². The first-order valence-electron chi connectivity index (χ1n) is 4.71.